The second-order valence-corrected chi connectivity index (χ2v) is 5.75. The molecule has 2 aromatic rings. The van der Waals surface area contributed by atoms with Gasteiger partial charge in [0.25, 0.3) is 5.91 Å². The zero-order chi connectivity index (χ0) is 17.7. The number of benzene rings is 2. The molecule has 5 heteroatoms. The first kappa shape index (κ1) is 17.6. The Kier molecular flexibility index (Phi) is 5.62. The van der Waals surface area contributed by atoms with Gasteiger partial charge in [0.2, 0.25) is 0 Å². The van der Waals surface area contributed by atoms with Gasteiger partial charge in [0.15, 0.2) is 0 Å². The number of carbonyl (C=O) groups excluding carboxylic acids is 1. The number of hydrogen-bond acceptors (Lipinski definition) is 3. The number of anilines is 1. The summed E-state index contributed by atoms with van der Waals surface area (Å²) < 4.78 is 5.23. The van der Waals surface area contributed by atoms with E-state index in [1.165, 1.54) is 13.2 Å². The van der Waals surface area contributed by atoms with E-state index >= 15 is 0 Å². The lowest BCUT2D eigenvalue weighted by Gasteiger charge is -2.08. The number of halogens is 1. The number of nitrogens with zero attached hydrogens (tertiary/aromatic N) is 1. The van der Waals surface area contributed by atoms with E-state index in [1.807, 2.05) is 32.0 Å². The maximum atomic E-state index is 12.4. The van der Waals surface area contributed by atoms with Crippen LogP contribution >= 0.6 is 11.6 Å². The molecule has 1 amide bonds. The van der Waals surface area contributed by atoms with Gasteiger partial charge in [0, 0.05) is 16.3 Å². The van der Waals surface area contributed by atoms with Gasteiger partial charge in [-0.2, -0.15) is 5.26 Å². The van der Waals surface area contributed by atoms with E-state index in [9.17, 15) is 10.1 Å². The van der Waals surface area contributed by atoms with E-state index in [2.05, 4.69) is 5.32 Å². The highest BCUT2D eigenvalue weighted by atomic mass is 35.5. The van der Waals surface area contributed by atoms with E-state index in [0.29, 0.717) is 22.0 Å². The molecule has 2 aromatic carbocycles. The molecule has 0 fully saturated rings. The van der Waals surface area contributed by atoms with Gasteiger partial charge in [0.05, 0.1) is 7.11 Å². The van der Waals surface area contributed by atoms with Gasteiger partial charge >= 0.3 is 0 Å². The third kappa shape index (κ3) is 4.15. The van der Waals surface area contributed by atoms with Crippen LogP contribution in [0.25, 0.3) is 6.08 Å². The summed E-state index contributed by atoms with van der Waals surface area (Å²) in [6.45, 7) is 3.95. The van der Waals surface area contributed by atoms with Crippen molar-refractivity contribution < 1.29 is 9.53 Å². The van der Waals surface area contributed by atoms with Crippen LogP contribution in [0.2, 0.25) is 5.02 Å². The molecule has 0 atom stereocenters. The summed E-state index contributed by atoms with van der Waals surface area (Å²) in [5.41, 5.74) is 3.37. The van der Waals surface area contributed by atoms with E-state index in [1.54, 1.807) is 24.3 Å². The monoisotopic (exact) mass is 340 g/mol. The number of hydrogen-bond donors (Lipinski definition) is 1. The molecule has 0 aliphatic carbocycles. The van der Waals surface area contributed by atoms with Crippen LogP contribution in [-0.4, -0.2) is 13.0 Å². The van der Waals surface area contributed by atoms with Crippen molar-refractivity contribution in [3.63, 3.8) is 0 Å². The quantitative estimate of drug-likeness (QED) is 0.658. The lowest BCUT2D eigenvalue weighted by atomic mass is 10.1. The first-order valence-electron chi connectivity index (χ1n) is 7.28. The highest BCUT2D eigenvalue weighted by Crippen LogP contribution is 2.25. The second-order valence-electron chi connectivity index (χ2n) is 5.31. The maximum Gasteiger partial charge on any atom is 0.266 e. The van der Waals surface area contributed by atoms with E-state index < -0.39 is 5.91 Å². The molecule has 2 rings (SSSR count). The number of methoxy groups -OCH3 is 1. The first-order chi connectivity index (χ1) is 11.4. The summed E-state index contributed by atoms with van der Waals surface area (Å²) in [5, 5.41) is 12.5. The van der Waals surface area contributed by atoms with Crippen molar-refractivity contribution >= 4 is 29.3 Å². The summed E-state index contributed by atoms with van der Waals surface area (Å²) in [7, 11) is 1.52. The molecule has 0 saturated carbocycles. The predicted molar refractivity (Wildman–Crippen MR) is 96.1 cm³/mol. The largest absolute Gasteiger partial charge is 0.496 e. The molecule has 0 aliphatic rings. The van der Waals surface area contributed by atoms with Gasteiger partial charge in [-0.05, 0) is 61.4 Å². The van der Waals surface area contributed by atoms with Crippen LogP contribution in [0.1, 0.15) is 16.7 Å². The molecular weight excluding hydrogens is 324 g/mol. The lowest BCUT2D eigenvalue weighted by molar-refractivity contribution is -0.112. The number of nitrogens with one attached hydrogen (secondary N) is 1. The maximum absolute atomic E-state index is 12.4. The fraction of sp³-hybridized carbons (Fsp3) is 0.158. The molecule has 4 nitrogen and oxygen atoms in total. The first-order valence-corrected chi connectivity index (χ1v) is 7.66. The van der Waals surface area contributed by atoms with Crippen molar-refractivity contribution in [2.45, 2.75) is 13.8 Å². The Morgan fingerprint density at radius 3 is 2.58 bits per heavy atom. The summed E-state index contributed by atoms with van der Waals surface area (Å²) in [6, 6.07) is 12.5. The van der Waals surface area contributed by atoms with Crippen LogP contribution in [0.5, 0.6) is 5.75 Å². The molecular formula is C19H17ClN2O2. The topological polar surface area (TPSA) is 62.1 Å². The van der Waals surface area contributed by atoms with Gasteiger partial charge < -0.3 is 10.1 Å². The Bertz CT molecular complexity index is 851. The minimum Gasteiger partial charge on any atom is -0.496 e. The minimum absolute atomic E-state index is 0.0335. The zero-order valence-electron chi connectivity index (χ0n) is 13.7. The van der Waals surface area contributed by atoms with Crippen LogP contribution in [0.15, 0.2) is 42.0 Å². The van der Waals surface area contributed by atoms with Crippen LogP contribution in [-0.2, 0) is 4.79 Å². The molecule has 0 heterocycles. The Hall–Kier alpha value is -2.77. The van der Waals surface area contributed by atoms with Gasteiger partial charge in [-0.15, -0.1) is 0 Å². The molecule has 1 N–H and O–H groups in total. The normalized spacial score (nSPS) is 10.9. The number of carbonyl (C=O) groups is 1. The van der Waals surface area contributed by atoms with Crippen molar-refractivity contribution in [1.29, 1.82) is 5.26 Å². The van der Waals surface area contributed by atoms with Gasteiger partial charge in [0.1, 0.15) is 17.4 Å². The van der Waals surface area contributed by atoms with Gasteiger partial charge in [-0.1, -0.05) is 17.7 Å². The number of nitriles is 1. The van der Waals surface area contributed by atoms with E-state index in [4.69, 9.17) is 16.3 Å². The molecule has 0 radical (unpaired) electrons. The SMILES string of the molecule is COc1ccc(Cl)cc1C=C(C#N)C(=O)Nc1ccc(C)c(C)c1. The number of ether oxygens (including phenoxy) is 1. The number of amides is 1. The average molecular weight is 341 g/mol. The van der Waals surface area contributed by atoms with Crippen molar-refractivity contribution in [3.8, 4) is 11.8 Å². The number of rotatable bonds is 4. The van der Waals surface area contributed by atoms with Crippen molar-refractivity contribution in [3.05, 3.63) is 63.7 Å². The highest BCUT2D eigenvalue weighted by Gasteiger charge is 2.12. The smallest absolute Gasteiger partial charge is 0.266 e. The third-order valence-corrected chi connectivity index (χ3v) is 3.86. The molecule has 0 saturated heterocycles. The predicted octanol–water partition coefficient (Wildman–Crippen LogP) is 4.51. The van der Waals surface area contributed by atoms with Gasteiger partial charge in [-0.3, -0.25) is 4.79 Å². The molecule has 0 unspecified atom stereocenters. The minimum atomic E-state index is -0.484. The number of aryl methyl sites for hydroxylation is 2. The zero-order valence-corrected chi connectivity index (χ0v) is 14.4. The Morgan fingerprint density at radius 1 is 1.21 bits per heavy atom. The van der Waals surface area contributed by atoms with Crippen LogP contribution in [0.3, 0.4) is 0 Å². The Morgan fingerprint density at radius 2 is 1.96 bits per heavy atom. The molecule has 122 valence electrons. The van der Waals surface area contributed by atoms with E-state index in [-0.39, 0.29) is 5.57 Å². The molecule has 0 spiro atoms. The second kappa shape index (κ2) is 7.67. The van der Waals surface area contributed by atoms with E-state index in [0.717, 1.165) is 11.1 Å². The lowest BCUT2D eigenvalue weighted by Crippen LogP contribution is -2.13. The fourth-order valence-electron chi connectivity index (χ4n) is 2.14. The summed E-state index contributed by atoms with van der Waals surface area (Å²) >= 11 is 5.97. The Labute approximate surface area is 146 Å². The molecule has 0 aliphatic heterocycles. The summed E-state index contributed by atoms with van der Waals surface area (Å²) in [5.74, 6) is 0.0499. The van der Waals surface area contributed by atoms with Crippen LogP contribution in [0, 0.1) is 25.2 Å². The van der Waals surface area contributed by atoms with Crippen molar-refractivity contribution in [2.24, 2.45) is 0 Å². The summed E-state index contributed by atoms with van der Waals surface area (Å²) in [4.78, 5) is 12.4. The van der Waals surface area contributed by atoms with Crippen molar-refractivity contribution in [2.75, 3.05) is 12.4 Å². The summed E-state index contributed by atoms with van der Waals surface area (Å²) in [6.07, 6.45) is 1.46. The van der Waals surface area contributed by atoms with Gasteiger partial charge in [-0.25, -0.2) is 0 Å². The van der Waals surface area contributed by atoms with Crippen molar-refractivity contribution in [1.82, 2.24) is 0 Å². The molecule has 0 aromatic heterocycles. The standard InChI is InChI=1S/C19H17ClN2O2/c1-12-4-6-17(8-13(12)2)22-19(23)15(11-21)9-14-10-16(20)5-7-18(14)24-3/h4-10H,1-3H3,(H,22,23). The fourth-order valence-corrected chi connectivity index (χ4v) is 2.32. The molecule has 24 heavy (non-hydrogen) atoms. The third-order valence-electron chi connectivity index (χ3n) is 3.62. The highest BCUT2D eigenvalue weighted by molar-refractivity contribution is 6.30. The van der Waals surface area contributed by atoms with Crippen LogP contribution < -0.4 is 10.1 Å². The van der Waals surface area contributed by atoms with Crippen LogP contribution in [0.4, 0.5) is 5.69 Å². The molecule has 0 bridgehead atoms. The average Bonchev–Trinajstić information content (AvgIpc) is 2.56. The Balaban J connectivity index is 2.30.